The van der Waals surface area contributed by atoms with Crippen LogP contribution in [0.4, 0.5) is 0 Å². The summed E-state index contributed by atoms with van der Waals surface area (Å²) >= 11 is 1.53. The minimum Gasteiger partial charge on any atom is -0.367 e. The molecule has 0 saturated carbocycles. The Balaban J connectivity index is 2.13. The SMILES string of the molecule is CC[C@H]1O[C@@H](c2cnc3c(SC)ncnn23)[C@](C)(C#N)[C@@H]1C. The Labute approximate surface area is 133 Å². The topological polar surface area (TPSA) is 76.1 Å². The molecule has 0 aliphatic carbocycles. The average Bonchev–Trinajstić information content (AvgIpc) is 3.08. The maximum absolute atomic E-state index is 9.75. The van der Waals surface area contributed by atoms with E-state index < -0.39 is 5.41 Å². The molecule has 0 N–H and O–H groups in total. The molecule has 7 heteroatoms. The highest BCUT2D eigenvalue weighted by molar-refractivity contribution is 7.98. The molecule has 3 rings (SSSR count). The molecule has 2 aromatic heterocycles. The summed E-state index contributed by atoms with van der Waals surface area (Å²) in [6.45, 7) is 6.14. The lowest BCUT2D eigenvalue weighted by Gasteiger charge is -2.25. The normalized spacial score (nSPS) is 31.5. The minimum absolute atomic E-state index is 0.0713. The zero-order valence-corrected chi connectivity index (χ0v) is 14.0. The molecule has 0 unspecified atom stereocenters. The zero-order chi connectivity index (χ0) is 15.9. The summed E-state index contributed by atoms with van der Waals surface area (Å²) in [5.41, 5.74) is 0.933. The van der Waals surface area contributed by atoms with E-state index in [9.17, 15) is 5.26 Å². The molecule has 22 heavy (non-hydrogen) atoms. The van der Waals surface area contributed by atoms with Gasteiger partial charge < -0.3 is 4.74 Å². The minimum atomic E-state index is -0.596. The summed E-state index contributed by atoms with van der Waals surface area (Å²) in [7, 11) is 0. The molecule has 1 saturated heterocycles. The molecule has 0 aromatic carbocycles. The molecular weight excluding hydrogens is 298 g/mol. The number of fused-ring (bicyclic) bond motifs is 1. The molecular formula is C15H19N5OS. The summed E-state index contributed by atoms with van der Waals surface area (Å²) in [6.07, 6.45) is 5.85. The van der Waals surface area contributed by atoms with E-state index in [0.717, 1.165) is 17.1 Å². The molecule has 6 nitrogen and oxygen atoms in total. The van der Waals surface area contributed by atoms with Gasteiger partial charge >= 0.3 is 0 Å². The van der Waals surface area contributed by atoms with E-state index in [1.54, 1.807) is 10.7 Å². The highest BCUT2D eigenvalue weighted by atomic mass is 32.2. The van der Waals surface area contributed by atoms with Crippen molar-refractivity contribution in [3.8, 4) is 6.07 Å². The summed E-state index contributed by atoms with van der Waals surface area (Å²) in [5, 5.41) is 14.9. The fourth-order valence-corrected chi connectivity index (χ4v) is 3.66. The van der Waals surface area contributed by atoms with Crippen LogP contribution < -0.4 is 0 Å². The van der Waals surface area contributed by atoms with Crippen LogP contribution in [0.25, 0.3) is 5.65 Å². The number of thioether (sulfide) groups is 1. The summed E-state index contributed by atoms with van der Waals surface area (Å²) in [6, 6.07) is 2.47. The molecule has 1 aliphatic heterocycles. The molecule has 0 amide bonds. The monoisotopic (exact) mass is 317 g/mol. The highest BCUT2D eigenvalue weighted by Crippen LogP contribution is 2.52. The predicted molar refractivity (Wildman–Crippen MR) is 83.4 cm³/mol. The van der Waals surface area contributed by atoms with Crippen LogP contribution in [-0.4, -0.2) is 31.9 Å². The Kier molecular flexibility index (Phi) is 3.83. The fourth-order valence-electron chi connectivity index (χ4n) is 3.18. The van der Waals surface area contributed by atoms with E-state index in [4.69, 9.17) is 4.74 Å². The van der Waals surface area contributed by atoms with Crippen LogP contribution >= 0.6 is 11.8 Å². The number of hydrogen-bond acceptors (Lipinski definition) is 6. The molecule has 4 atom stereocenters. The van der Waals surface area contributed by atoms with E-state index in [1.165, 1.54) is 18.1 Å². The summed E-state index contributed by atoms with van der Waals surface area (Å²) in [5.74, 6) is 0.153. The number of imidazole rings is 1. The van der Waals surface area contributed by atoms with Crippen LogP contribution in [0.1, 0.15) is 39.0 Å². The predicted octanol–water partition coefficient (Wildman–Crippen LogP) is 2.86. The Bertz CT molecular complexity index is 739. The Hall–Kier alpha value is -1.65. The van der Waals surface area contributed by atoms with Crippen molar-refractivity contribution in [1.29, 1.82) is 5.26 Å². The average molecular weight is 317 g/mol. The van der Waals surface area contributed by atoms with Gasteiger partial charge in [-0.25, -0.2) is 14.5 Å². The van der Waals surface area contributed by atoms with E-state index >= 15 is 0 Å². The van der Waals surface area contributed by atoms with Crippen molar-refractivity contribution in [1.82, 2.24) is 19.6 Å². The van der Waals surface area contributed by atoms with Gasteiger partial charge in [0.15, 0.2) is 5.65 Å². The van der Waals surface area contributed by atoms with Gasteiger partial charge in [0.2, 0.25) is 0 Å². The van der Waals surface area contributed by atoms with Gasteiger partial charge in [-0.3, -0.25) is 0 Å². The van der Waals surface area contributed by atoms with Crippen molar-refractivity contribution in [2.45, 2.75) is 44.4 Å². The first kappa shape index (κ1) is 15.3. The van der Waals surface area contributed by atoms with Crippen LogP contribution in [-0.2, 0) is 4.74 Å². The molecule has 1 aliphatic rings. The van der Waals surface area contributed by atoms with Gasteiger partial charge in [-0.15, -0.1) is 11.8 Å². The van der Waals surface area contributed by atoms with Crippen LogP contribution in [0.15, 0.2) is 17.6 Å². The molecule has 116 valence electrons. The van der Waals surface area contributed by atoms with Gasteiger partial charge in [0.1, 0.15) is 17.5 Å². The van der Waals surface area contributed by atoms with Crippen LogP contribution in [0.3, 0.4) is 0 Å². The number of nitriles is 1. The van der Waals surface area contributed by atoms with Gasteiger partial charge in [0.05, 0.1) is 29.5 Å². The quantitative estimate of drug-likeness (QED) is 0.810. The van der Waals surface area contributed by atoms with E-state index in [0.29, 0.717) is 5.65 Å². The van der Waals surface area contributed by atoms with Crippen molar-refractivity contribution in [2.75, 3.05) is 6.26 Å². The number of rotatable bonds is 3. The number of hydrogen-bond donors (Lipinski definition) is 0. The second-order valence-corrected chi connectivity index (χ2v) is 6.63. The van der Waals surface area contributed by atoms with Crippen LogP contribution in [0.5, 0.6) is 0 Å². The number of aromatic nitrogens is 4. The van der Waals surface area contributed by atoms with Crippen LogP contribution in [0, 0.1) is 22.7 Å². The van der Waals surface area contributed by atoms with Crippen molar-refractivity contribution in [3.63, 3.8) is 0 Å². The van der Waals surface area contributed by atoms with Gasteiger partial charge in [0.25, 0.3) is 0 Å². The first-order valence-electron chi connectivity index (χ1n) is 7.36. The first-order chi connectivity index (χ1) is 10.6. The zero-order valence-electron chi connectivity index (χ0n) is 13.1. The smallest absolute Gasteiger partial charge is 0.186 e. The van der Waals surface area contributed by atoms with Crippen LogP contribution in [0.2, 0.25) is 0 Å². The first-order valence-corrected chi connectivity index (χ1v) is 8.58. The Morgan fingerprint density at radius 3 is 2.91 bits per heavy atom. The van der Waals surface area contributed by atoms with E-state index in [1.807, 2.05) is 13.2 Å². The van der Waals surface area contributed by atoms with Gasteiger partial charge in [-0.05, 0) is 19.6 Å². The standard InChI is InChI=1S/C15H19N5OS/c1-5-11-9(2)15(3,7-16)12(21-11)10-6-17-13-14(22-4)18-8-19-20(10)13/h6,8-9,11-12H,5H2,1-4H3/t9-,11-,12+,15-/m1/s1. The van der Waals surface area contributed by atoms with Crippen molar-refractivity contribution in [3.05, 3.63) is 18.2 Å². The third-order valence-corrected chi connectivity index (χ3v) is 5.44. The lowest BCUT2D eigenvalue weighted by Crippen LogP contribution is -2.27. The largest absolute Gasteiger partial charge is 0.367 e. The molecule has 0 radical (unpaired) electrons. The summed E-state index contributed by atoms with van der Waals surface area (Å²) < 4.78 is 7.96. The number of nitrogens with zero attached hydrogens (tertiary/aromatic N) is 5. The maximum atomic E-state index is 9.75. The molecule has 0 bridgehead atoms. The number of ether oxygens (including phenoxy) is 1. The summed E-state index contributed by atoms with van der Waals surface area (Å²) in [4.78, 5) is 8.67. The third kappa shape index (κ3) is 2.02. The molecule has 0 spiro atoms. The lowest BCUT2D eigenvalue weighted by molar-refractivity contribution is 0.0178. The molecule has 2 aromatic rings. The maximum Gasteiger partial charge on any atom is 0.186 e. The van der Waals surface area contributed by atoms with E-state index in [-0.39, 0.29) is 18.1 Å². The molecule has 1 fully saturated rings. The third-order valence-electron chi connectivity index (χ3n) is 4.76. The Morgan fingerprint density at radius 2 is 2.27 bits per heavy atom. The van der Waals surface area contributed by atoms with Gasteiger partial charge in [0, 0.05) is 5.92 Å². The molecule has 3 heterocycles. The Morgan fingerprint density at radius 1 is 1.50 bits per heavy atom. The van der Waals surface area contributed by atoms with Crippen molar-refractivity contribution >= 4 is 17.4 Å². The van der Waals surface area contributed by atoms with Gasteiger partial charge in [-0.2, -0.15) is 10.4 Å². The van der Waals surface area contributed by atoms with Crippen molar-refractivity contribution in [2.24, 2.45) is 11.3 Å². The lowest BCUT2D eigenvalue weighted by atomic mass is 9.74. The van der Waals surface area contributed by atoms with Gasteiger partial charge in [-0.1, -0.05) is 13.8 Å². The fraction of sp³-hybridized carbons (Fsp3) is 0.600. The highest BCUT2D eigenvalue weighted by Gasteiger charge is 2.52. The van der Waals surface area contributed by atoms with E-state index in [2.05, 4.69) is 35.0 Å². The second kappa shape index (κ2) is 5.52. The van der Waals surface area contributed by atoms with Crippen molar-refractivity contribution < 1.29 is 4.74 Å². The second-order valence-electron chi connectivity index (χ2n) is 5.83.